The lowest BCUT2D eigenvalue weighted by Gasteiger charge is -2.47. The maximum absolute atomic E-state index is 15.4. The Bertz CT molecular complexity index is 1310. The van der Waals surface area contributed by atoms with E-state index in [0.29, 0.717) is 16.6 Å². The zero-order chi connectivity index (χ0) is 25.7. The smallest absolute Gasteiger partial charge is 0.313 e. The van der Waals surface area contributed by atoms with Crippen molar-refractivity contribution in [2.75, 3.05) is 0 Å². The summed E-state index contributed by atoms with van der Waals surface area (Å²) in [7, 11) is 0. The highest BCUT2D eigenvalue weighted by Crippen LogP contribution is 2.60. The SMILES string of the molecule is Cc1nnc(C[C@@]23CC(F)(F)[C@@H](C)[C@H](/C=C/c4ccc(-c5ccccc5Cl)cn4)C2[C@@H](C)OC3=O)o1. The van der Waals surface area contributed by atoms with E-state index in [1.807, 2.05) is 36.4 Å². The van der Waals surface area contributed by atoms with Gasteiger partial charge in [-0.2, -0.15) is 0 Å². The fourth-order valence-corrected chi connectivity index (χ4v) is 6.02. The summed E-state index contributed by atoms with van der Waals surface area (Å²) in [6.07, 6.45) is 3.94. The molecule has 0 bridgehead atoms. The topological polar surface area (TPSA) is 78.1 Å². The second-order valence-electron chi connectivity index (χ2n) is 9.80. The molecule has 9 heteroatoms. The van der Waals surface area contributed by atoms with Crippen LogP contribution in [-0.2, 0) is 16.0 Å². The Labute approximate surface area is 212 Å². The number of allylic oxidation sites excluding steroid dienone is 1. The third kappa shape index (κ3) is 4.21. The van der Waals surface area contributed by atoms with E-state index in [2.05, 4.69) is 15.2 Å². The Balaban J connectivity index is 1.47. The predicted octanol–water partition coefficient (Wildman–Crippen LogP) is 6.19. The van der Waals surface area contributed by atoms with Crippen molar-refractivity contribution in [3.05, 3.63) is 71.2 Å². The largest absolute Gasteiger partial charge is 0.462 e. The van der Waals surface area contributed by atoms with Gasteiger partial charge in [0.05, 0.1) is 11.1 Å². The molecular weight excluding hydrogens is 488 g/mol. The molecule has 1 saturated heterocycles. The number of ether oxygens (including phenoxy) is 1. The summed E-state index contributed by atoms with van der Waals surface area (Å²) in [5, 5.41) is 8.39. The molecule has 0 N–H and O–H groups in total. The number of hydrogen-bond acceptors (Lipinski definition) is 6. The maximum atomic E-state index is 15.4. The van der Waals surface area contributed by atoms with Gasteiger partial charge in [0.25, 0.3) is 5.92 Å². The van der Waals surface area contributed by atoms with Gasteiger partial charge in [0, 0.05) is 53.9 Å². The number of benzene rings is 1. The zero-order valence-electron chi connectivity index (χ0n) is 20.1. The second-order valence-corrected chi connectivity index (χ2v) is 10.2. The summed E-state index contributed by atoms with van der Waals surface area (Å²) in [5.41, 5.74) is 0.875. The number of fused-ring (bicyclic) bond motifs is 1. The normalized spacial score (nSPS) is 29.3. The summed E-state index contributed by atoms with van der Waals surface area (Å²) in [4.78, 5) is 17.6. The molecule has 1 aliphatic carbocycles. The van der Waals surface area contributed by atoms with Crippen LogP contribution in [0, 0.1) is 30.1 Å². The first-order valence-electron chi connectivity index (χ1n) is 11.9. The van der Waals surface area contributed by atoms with E-state index in [1.54, 1.807) is 32.2 Å². The number of aryl methyl sites for hydroxylation is 1. The van der Waals surface area contributed by atoms with Crippen LogP contribution < -0.4 is 0 Å². The van der Waals surface area contributed by atoms with Crippen LogP contribution in [-0.4, -0.2) is 33.2 Å². The van der Waals surface area contributed by atoms with Gasteiger partial charge in [-0.1, -0.05) is 48.9 Å². The zero-order valence-corrected chi connectivity index (χ0v) is 20.9. The molecule has 5 rings (SSSR count). The van der Waals surface area contributed by atoms with E-state index >= 15 is 8.78 Å². The molecule has 1 saturated carbocycles. The molecule has 0 radical (unpaired) electrons. The van der Waals surface area contributed by atoms with Crippen LogP contribution in [0.2, 0.25) is 5.02 Å². The molecule has 3 aromatic rings. The number of aromatic nitrogens is 3. The summed E-state index contributed by atoms with van der Waals surface area (Å²) in [6.45, 7) is 4.91. The first-order chi connectivity index (χ1) is 17.1. The number of hydrogen-bond donors (Lipinski definition) is 0. The van der Waals surface area contributed by atoms with Crippen LogP contribution in [0.25, 0.3) is 17.2 Å². The number of cyclic esters (lactones) is 1. The number of carbonyl (C=O) groups is 1. The highest BCUT2D eigenvalue weighted by Gasteiger charge is 2.68. The van der Waals surface area contributed by atoms with Crippen LogP contribution >= 0.6 is 11.6 Å². The molecule has 0 spiro atoms. The lowest BCUT2D eigenvalue weighted by molar-refractivity contribution is -0.171. The number of esters is 1. The van der Waals surface area contributed by atoms with E-state index in [9.17, 15) is 4.79 Å². The molecule has 2 aromatic heterocycles. The molecule has 3 heterocycles. The number of rotatable bonds is 5. The van der Waals surface area contributed by atoms with Gasteiger partial charge in [-0.3, -0.25) is 9.78 Å². The lowest BCUT2D eigenvalue weighted by Crippen LogP contribution is -2.54. The Morgan fingerprint density at radius 2 is 1.94 bits per heavy atom. The molecule has 2 aliphatic rings. The summed E-state index contributed by atoms with van der Waals surface area (Å²) in [5.74, 6) is -5.37. The van der Waals surface area contributed by atoms with E-state index in [1.165, 1.54) is 6.92 Å². The number of pyridine rings is 1. The molecule has 5 atom stereocenters. The van der Waals surface area contributed by atoms with Crippen molar-refractivity contribution < 1.29 is 22.7 Å². The van der Waals surface area contributed by atoms with Gasteiger partial charge in [0.2, 0.25) is 11.8 Å². The molecule has 0 amide bonds. The summed E-state index contributed by atoms with van der Waals surface area (Å²) >= 11 is 6.29. The van der Waals surface area contributed by atoms with Gasteiger partial charge in [0.15, 0.2) is 0 Å². The van der Waals surface area contributed by atoms with Crippen molar-refractivity contribution in [2.45, 2.75) is 45.6 Å². The third-order valence-electron chi connectivity index (χ3n) is 7.55. The fraction of sp³-hybridized carbons (Fsp3) is 0.407. The monoisotopic (exact) mass is 513 g/mol. The molecule has 1 unspecified atom stereocenters. The average Bonchev–Trinajstić information content (AvgIpc) is 3.34. The summed E-state index contributed by atoms with van der Waals surface area (Å²) in [6, 6.07) is 11.2. The Hall–Kier alpha value is -3.13. The molecule has 2 fully saturated rings. The number of carbonyl (C=O) groups excluding carboxylic acids is 1. The Morgan fingerprint density at radius 1 is 1.17 bits per heavy atom. The quantitative estimate of drug-likeness (QED) is 0.379. The van der Waals surface area contributed by atoms with Crippen molar-refractivity contribution in [1.82, 2.24) is 15.2 Å². The van der Waals surface area contributed by atoms with E-state index in [4.69, 9.17) is 20.8 Å². The Morgan fingerprint density at radius 3 is 2.61 bits per heavy atom. The van der Waals surface area contributed by atoms with Crippen LogP contribution in [0.15, 0.2) is 53.1 Å². The maximum Gasteiger partial charge on any atom is 0.313 e. The molecule has 1 aromatic carbocycles. The fourth-order valence-electron chi connectivity index (χ4n) is 5.78. The van der Waals surface area contributed by atoms with Crippen molar-refractivity contribution in [3.63, 3.8) is 0 Å². The highest BCUT2D eigenvalue weighted by molar-refractivity contribution is 6.33. The minimum absolute atomic E-state index is 0.0842. The van der Waals surface area contributed by atoms with Crippen molar-refractivity contribution in [2.24, 2.45) is 23.2 Å². The minimum Gasteiger partial charge on any atom is -0.462 e. The molecule has 36 heavy (non-hydrogen) atoms. The highest BCUT2D eigenvalue weighted by atomic mass is 35.5. The molecule has 1 aliphatic heterocycles. The van der Waals surface area contributed by atoms with Crippen LogP contribution in [0.4, 0.5) is 8.78 Å². The van der Waals surface area contributed by atoms with E-state index in [-0.39, 0.29) is 12.3 Å². The van der Waals surface area contributed by atoms with Gasteiger partial charge in [-0.05, 0) is 31.1 Å². The average molecular weight is 514 g/mol. The Kier molecular flexibility index (Phi) is 6.19. The summed E-state index contributed by atoms with van der Waals surface area (Å²) < 4.78 is 41.9. The minimum atomic E-state index is -3.09. The van der Waals surface area contributed by atoms with E-state index in [0.717, 1.165) is 11.1 Å². The number of halogens is 3. The number of nitrogens with zero attached hydrogens (tertiary/aromatic N) is 3. The third-order valence-corrected chi connectivity index (χ3v) is 7.88. The van der Waals surface area contributed by atoms with Crippen LogP contribution in [0.5, 0.6) is 0 Å². The van der Waals surface area contributed by atoms with Gasteiger partial charge in [0.1, 0.15) is 6.10 Å². The lowest BCUT2D eigenvalue weighted by atomic mass is 9.55. The first-order valence-corrected chi connectivity index (χ1v) is 12.3. The second kappa shape index (κ2) is 9.07. The molecule has 188 valence electrons. The molecule has 6 nitrogen and oxygen atoms in total. The predicted molar refractivity (Wildman–Crippen MR) is 130 cm³/mol. The van der Waals surface area contributed by atoms with Gasteiger partial charge in [-0.15, -0.1) is 10.2 Å². The van der Waals surface area contributed by atoms with Crippen LogP contribution in [0.3, 0.4) is 0 Å². The van der Waals surface area contributed by atoms with Crippen molar-refractivity contribution in [1.29, 1.82) is 0 Å². The van der Waals surface area contributed by atoms with Crippen molar-refractivity contribution in [3.8, 4) is 11.1 Å². The first kappa shape index (κ1) is 24.6. The van der Waals surface area contributed by atoms with Gasteiger partial charge < -0.3 is 9.15 Å². The van der Waals surface area contributed by atoms with Crippen LogP contribution in [0.1, 0.15) is 37.7 Å². The number of alkyl halides is 2. The van der Waals surface area contributed by atoms with Gasteiger partial charge >= 0.3 is 5.97 Å². The van der Waals surface area contributed by atoms with Gasteiger partial charge in [-0.25, -0.2) is 8.78 Å². The van der Waals surface area contributed by atoms with E-state index < -0.39 is 47.6 Å². The molecular formula is C27H26ClF2N3O3. The van der Waals surface area contributed by atoms with Crippen molar-refractivity contribution >= 4 is 23.6 Å². The standard InChI is InChI=1S/C27H26ClF2N3O3/c1-15-20(11-10-19-9-8-18(13-31-19)21-6-4-5-7-22(21)28)24-16(2)35-25(34)26(24,14-27(15,29)30)12-23-33-32-17(3)36-23/h4-11,13,15-16,20,24H,12,14H2,1-3H3/b11-10+/t15-,16+,20-,24?,26+/m0/s1.